The van der Waals surface area contributed by atoms with Crippen molar-refractivity contribution in [3.05, 3.63) is 53.2 Å². The van der Waals surface area contributed by atoms with E-state index in [9.17, 15) is 0 Å². The van der Waals surface area contributed by atoms with Crippen LogP contribution in [0, 0.1) is 0 Å². The van der Waals surface area contributed by atoms with Crippen molar-refractivity contribution in [1.29, 1.82) is 0 Å². The molecule has 0 atom stereocenters. The SMILES string of the molecule is CC(C)(C)c1nc(Br)cc(-c2cccc3ccncc23)n1. The maximum atomic E-state index is 4.76. The zero-order chi connectivity index (χ0) is 15.0. The quantitative estimate of drug-likeness (QED) is 0.599. The summed E-state index contributed by atoms with van der Waals surface area (Å²) < 4.78 is 0.804. The molecule has 0 bridgehead atoms. The van der Waals surface area contributed by atoms with Gasteiger partial charge in [0.15, 0.2) is 0 Å². The van der Waals surface area contributed by atoms with E-state index in [0.717, 1.165) is 32.5 Å². The largest absolute Gasteiger partial charge is 0.264 e. The van der Waals surface area contributed by atoms with E-state index < -0.39 is 0 Å². The maximum Gasteiger partial charge on any atom is 0.135 e. The highest BCUT2D eigenvalue weighted by atomic mass is 79.9. The number of benzene rings is 1. The van der Waals surface area contributed by atoms with Gasteiger partial charge in [-0.1, -0.05) is 39.0 Å². The van der Waals surface area contributed by atoms with Crippen LogP contribution in [0.1, 0.15) is 26.6 Å². The molecule has 0 aliphatic carbocycles. The molecule has 0 aliphatic heterocycles. The van der Waals surface area contributed by atoms with Crippen molar-refractivity contribution in [2.45, 2.75) is 26.2 Å². The summed E-state index contributed by atoms with van der Waals surface area (Å²) in [4.78, 5) is 13.5. The lowest BCUT2D eigenvalue weighted by atomic mass is 9.95. The Labute approximate surface area is 132 Å². The second kappa shape index (κ2) is 5.19. The van der Waals surface area contributed by atoms with Gasteiger partial charge in [0.1, 0.15) is 10.4 Å². The number of rotatable bonds is 1. The highest BCUT2D eigenvalue weighted by Crippen LogP contribution is 2.30. The molecule has 0 amide bonds. The number of hydrogen-bond donors (Lipinski definition) is 0. The van der Waals surface area contributed by atoms with Crippen molar-refractivity contribution in [2.24, 2.45) is 0 Å². The highest BCUT2D eigenvalue weighted by molar-refractivity contribution is 9.10. The van der Waals surface area contributed by atoms with Gasteiger partial charge in [0.25, 0.3) is 0 Å². The number of hydrogen-bond acceptors (Lipinski definition) is 3. The van der Waals surface area contributed by atoms with Crippen LogP contribution in [0.4, 0.5) is 0 Å². The van der Waals surface area contributed by atoms with Crippen molar-refractivity contribution in [1.82, 2.24) is 15.0 Å². The Bertz CT molecular complexity index is 801. The monoisotopic (exact) mass is 341 g/mol. The minimum Gasteiger partial charge on any atom is -0.264 e. The molecule has 0 fully saturated rings. The van der Waals surface area contributed by atoms with Crippen molar-refractivity contribution in [2.75, 3.05) is 0 Å². The molecule has 0 unspecified atom stereocenters. The summed E-state index contributed by atoms with van der Waals surface area (Å²) in [6, 6.07) is 10.2. The van der Waals surface area contributed by atoms with Gasteiger partial charge in [-0.05, 0) is 33.4 Å². The lowest BCUT2D eigenvalue weighted by Crippen LogP contribution is -2.16. The highest BCUT2D eigenvalue weighted by Gasteiger charge is 2.19. The molecule has 3 rings (SSSR count). The molecule has 3 aromatic rings. The summed E-state index contributed by atoms with van der Waals surface area (Å²) in [5, 5.41) is 2.26. The zero-order valence-electron chi connectivity index (χ0n) is 12.3. The fourth-order valence-corrected chi connectivity index (χ4v) is 2.61. The molecule has 0 aliphatic rings. The van der Waals surface area contributed by atoms with Crippen LogP contribution in [0.2, 0.25) is 0 Å². The molecule has 3 nitrogen and oxygen atoms in total. The molecular weight excluding hydrogens is 326 g/mol. The zero-order valence-corrected chi connectivity index (χ0v) is 13.8. The number of halogens is 1. The predicted molar refractivity (Wildman–Crippen MR) is 89.2 cm³/mol. The van der Waals surface area contributed by atoms with Gasteiger partial charge < -0.3 is 0 Å². The predicted octanol–water partition coefficient (Wildman–Crippen LogP) is 4.75. The fraction of sp³-hybridized carbons (Fsp3) is 0.235. The van der Waals surface area contributed by atoms with Crippen molar-refractivity contribution in [3.63, 3.8) is 0 Å². The first-order valence-electron chi connectivity index (χ1n) is 6.83. The molecule has 0 N–H and O–H groups in total. The number of aromatic nitrogens is 3. The van der Waals surface area contributed by atoms with Crippen LogP contribution in [0.3, 0.4) is 0 Å². The molecule has 2 aromatic heterocycles. The first-order valence-corrected chi connectivity index (χ1v) is 7.62. The smallest absolute Gasteiger partial charge is 0.135 e. The van der Waals surface area contributed by atoms with E-state index >= 15 is 0 Å². The Kier molecular flexibility index (Phi) is 3.49. The van der Waals surface area contributed by atoms with Gasteiger partial charge in [0.05, 0.1) is 5.69 Å². The van der Waals surface area contributed by atoms with E-state index in [1.807, 2.05) is 30.6 Å². The van der Waals surface area contributed by atoms with E-state index in [1.165, 1.54) is 0 Å². The topological polar surface area (TPSA) is 38.7 Å². The Hall–Kier alpha value is -1.81. The lowest BCUT2D eigenvalue weighted by molar-refractivity contribution is 0.544. The second-order valence-electron chi connectivity index (χ2n) is 6.05. The maximum absolute atomic E-state index is 4.76. The van der Waals surface area contributed by atoms with Crippen molar-refractivity contribution in [3.8, 4) is 11.3 Å². The van der Waals surface area contributed by atoms with E-state index in [2.05, 4.69) is 58.8 Å². The molecule has 21 heavy (non-hydrogen) atoms. The van der Waals surface area contributed by atoms with Gasteiger partial charge in [0, 0.05) is 28.8 Å². The number of fused-ring (bicyclic) bond motifs is 1. The molecular formula is C17H16BrN3. The van der Waals surface area contributed by atoms with Crippen LogP contribution in [0.25, 0.3) is 22.0 Å². The van der Waals surface area contributed by atoms with Crippen LogP contribution in [-0.2, 0) is 5.41 Å². The summed E-state index contributed by atoms with van der Waals surface area (Å²) in [7, 11) is 0. The van der Waals surface area contributed by atoms with E-state index in [-0.39, 0.29) is 5.41 Å². The summed E-state index contributed by atoms with van der Waals surface area (Å²) >= 11 is 3.50. The first kappa shape index (κ1) is 14.1. The third-order valence-electron chi connectivity index (χ3n) is 3.33. The van der Waals surface area contributed by atoms with E-state index in [0.29, 0.717) is 0 Å². The van der Waals surface area contributed by atoms with Crippen LogP contribution in [0.5, 0.6) is 0 Å². The lowest BCUT2D eigenvalue weighted by Gasteiger charge is -2.18. The Morgan fingerprint density at radius 3 is 2.62 bits per heavy atom. The summed E-state index contributed by atoms with van der Waals surface area (Å²) in [5.41, 5.74) is 1.90. The first-order chi connectivity index (χ1) is 9.95. The molecule has 106 valence electrons. The van der Waals surface area contributed by atoms with Crippen molar-refractivity contribution >= 4 is 26.7 Å². The third kappa shape index (κ3) is 2.81. The number of pyridine rings is 1. The summed E-state index contributed by atoms with van der Waals surface area (Å²) in [6.45, 7) is 6.34. The van der Waals surface area contributed by atoms with Gasteiger partial charge in [-0.25, -0.2) is 9.97 Å². The van der Waals surface area contributed by atoms with Gasteiger partial charge >= 0.3 is 0 Å². The van der Waals surface area contributed by atoms with Gasteiger partial charge in [-0.2, -0.15) is 0 Å². The summed E-state index contributed by atoms with van der Waals surface area (Å²) in [5.74, 6) is 0.827. The molecule has 0 saturated heterocycles. The molecule has 0 radical (unpaired) electrons. The average Bonchev–Trinajstić information content (AvgIpc) is 2.45. The molecule has 0 spiro atoms. The Morgan fingerprint density at radius 2 is 1.86 bits per heavy atom. The van der Waals surface area contributed by atoms with Crippen LogP contribution in [0.15, 0.2) is 47.3 Å². The molecule has 4 heteroatoms. The second-order valence-corrected chi connectivity index (χ2v) is 6.86. The average molecular weight is 342 g/mol. The molecule has 1 aromatic carbocycles. The van der Waals surface area contributed by atoms with Crippen LogP contribution < -0.4 is 0 Å². The van der Waals surface area contributed by atoms with E-state index in [4.69, 9.17) is 4.98 Å². The molecule has 0 saturated carbocycles. The van der Waals surface area contributed by atoms with Crippen molar-refractivity contribution < 1.29 is 0 Å². The number of nitrogens with zero attached hydrogens (tertiary/aromatic N) is 3. The summed E-state index contributed by atoms with van der Waals surface area (Å²) in [6.07, 6.45) is 3.69. The minimum atomic E-state index is -0.0959. The third-order valence-corrected chi connectivity index (χ3v) is 3.73. The van der Waals surface area contributed by atoms with Gasteiger partial charge in [0.2, 0.25) is 0 Å². The van der Waals surface area contributed by atoms with Gasteiger partial charge in [-0.15, -0.1) is 0 Å². The van der Waals surface area contributed by atoms with E-state index in [1.54, 1.807) is 0 Å². The molecule has 2 heterocycles. The normalized spacial score (nSPS) is 11.8. The minimum absolute atomic E-state index is 0.0959. The van der Waals surface area contributed by atoms with Crippen LogP contribution >= 0.6 is 15.9 Å². The fourth-order valence-electron chi connectivity index (χ4n) is 2.23. The Morgan fingerprint density at radius 1 is 1.05 bits per heavy atom. The Balaban J connectivity index is 2.26. The van der Waals surface area contributed by atoms with Gasteiger partial charge in [-0.3, -0.25) is 4.98 Å². The standard InChI is InChI=1S/C17H16BrN3/c1-17(2,3)16-20-14(9-15(18)21-16)12-6-4-5-11-7-8-19-10-13(11)12/h4-10H,1-3H3. The van der Waals surface area contributed by atoms with Crippen LogP contribution in [-0.4, -0.2) is 15.0 Å².